The van der Waals surface area contributed by atoms with Crippen LogP contribution in [-0.2, 0) is 19.2 Å². The number of benzene rings is 1. The van der Waals surface area contributed by atoms with Crippen molar-refractivity contribution < 1.29 is 4.74 Å². The second-order valence-corrected chi connectivity index (χ2v) is 7.73. The van der Waals surface area contributed by atoms with Crippen LogP contribution in [0.2, 0.25) is 0 Å². The van der Waals surface area contributed by atoms with Crippen LogP contribution in [0.1, 0.15) is 17.1 Å². The maximum atomic E-state index is 12.1. The van der Waals surface area contributed by atoms with Gasteiger partial charge in [0.25, 0.3) is 5.56 Å². The highest BCUT2D eigenvalue weighted by molar-refractivity contribution is 7.98. The quantitative estimate of drug-likeness (QED) is 0.464. The molecule has 0 amide bonds. The summed E-state index contributed by atoms with van der Waals surface area (Å²) in [4.78, 5) is 17.3. The lowest BCUT2D eigenvalue weighted by Gasteiger charge is -2.05. The van der Waals surface area contributed by atoms with Gasteiger partial charge in [-0.25, -0.2) is 4.98 Å². The molecule has 0 aliphatic rings. The molecule has 3 aromatic heterocycles. The fourth-order valence-corrected chi connectivity index (χ4v) is 4.21. The number of thioether (sulfide) groups is 1. The van der Waals surface area contributed by atoms with Crippen LogP contribution in [0, 0.1) is 0 Å². The fraction of sp³-hybridized carbons (Fsp3) is 0.222. The van der Waals surface area contributed by atoms with E-state index in [2.05, 4.69) is 15.2 Å². The van der Waals surface area contributed by atoms with Crippen LogP contribution >= 0.6 is 23.1 Å². The van der Waals surface area contributed by atoms with E-state index in [0.29, 0.717) is 17.1 Å². The third kappa shape index (κ3) is 3.74. The maximum Gasteiger partial charge on any atom is 0.258 e. The van der Waals surface area contributed by atoms with E-state index in [1.807, 2.05) is 41.3 Å². The summed E-state index contributed by atoms with van der Waals surface area (Å²) in [5.41, 5.74) is 1.82. The van der Waals surface area contributed by atoms with Crippen molar-refractivity contribution in [3.05, 3.63) is 69.3 Å². The average molecular weight is 400 g/mol. The van der Waals surface area contributed by atoms with Crippen LogP contribution in [-0.4, -0.2) is 31.3 Å². The van der Waals surface area contributed by atoms with E-state index in [0.717, 1.165) is 28.0 Å². The van der Waals surface area contributed by atoms with Gasteiger partial charge in [-0.15, -0.1) is 21.5 Å². The van der Waals surface area contributed by atoms with E-state index in [9.17, 15) is 4.79 Å². The summed E-state index contributed by atoms with van der Waals surface area (Å²) in [5.74, 6) is 2.28. The highest BCUT2D eigenvalue weighted by Gasteiger charge is 2.11. The van der Waals surface area contributed by atoms with Gasteiger partial charge in [0.05, 0.1) is 12.8 Å². The predicted octanol–water partition coefficient (Wildman–Crippen LogP) is 2.78. The minimum atomic E-state index is -0.0602. The summed E-state index contributed by atoms with van der Waals surface area (Å²) in [6.45, 7) is 0. The molecule has 7 nitrogen and oxygen atoms in total. The summed E-state index contributed by atoms with van der Waals surface area (Å²) in [5, 5.41) is 11.2. The largest absolute Gasteiger partial charge is 0.497 e. The van der Waals surface area contributed by atoms with E-state index in [4.69, 9.17) is 4.74 Å². The number of hydrogen-bond acceptors (Lipinski definition) is 7. The zero-order chi connectivity index (χ0) is 18.8. The molecule has 0 atom stereocenters. The van der Waals surface area contributed by atoms with Crippen molar-refractivity contribution in [3.8, 4) is 5.75 Å². The molecule has 0 spiro atoms. The molecule has 1 aromatic carbocycles. The van der Waals surface area contributed by atoms with Crippen LogP contribution in [0.15, 0.2) is 51.9 Å². The molecule has 0 fully saturated rings. The van der Waals surface area contributed by atoms with Gasteiger partial charge in [-0.3, -0.25) is 9.20 Å². The van der Waals surface area contributed by atoms with Crippen LogP contribution in [0.25, 0.3) is 4.96 Å². The first-order chi connectivity index (χ1) is 13.1. The zero-order valence-corrected chi connectivity index (χ0v) is 16.5. The monoisotopic (exact) mass is 399 g/mol. The molecule has 0 unspecified atom stereocenters. The molecule has 0 aliphatic carbocycles. The Morgan fingerprint density at radius 1 is 1.22 bits per heavy atom. The van der Waals surface area contributed by atoms with Crippen molar-refractivity contribution in [1.82, 2.24) is 24.1 Å². The molecule has 4 aromatic rings. The fourth-order valence-electron chi connectivity index (χ4n) is 2.65. The maximum absolute atomic E-state index is 12.1. The Labute approximate surface area is 163 Å². The minimum Gasteiger partial charge on any atom is -0.497 e. The predicted molar refractivity (Wildman–Crippen MR) is 106 cm³/mol. The van der Waals surface area contributed by atoms with Crippen molar-refractivity contribution >= 4 is 28.1 Å². The van der Waals surface area contributed by atoms with Gasteiger partial charge in [-0.05, 0) is 17.7 Å². The summed E-state index contributed by atoms with van der Waals surface area (Å²) in [6, 6.07) is 9.49. The Balaban J connectivity index is 1.47. The van der Waals surface area contributed by atoms with E-state index >= 15 is 0 Å². The zero-order valence-electron chi connectivity index (χ0n) is 14.8. The van der Waals surface area contributed by atoms with E-state index in [-0.39, 0.29) is 5.56 Å². The van der Waals surface area contributed by atoms with Gasteiger partial charge in [0, 0.05) is 36.9 Å². The van der Waals surface area contributed by atoms with Gasteiger partial charge in [0.2, 0.25) is 0 Å². The molecule has 4 rings (SSSR count). The van der Waals surface area contributed by atoms with Crippen LogP contribution in [0.4, 0.5) is 0 Å². The van der Waals surface area contributed by atoms with Crippen molar-refractivity contribution in [2.24, 2.45) is 7.05 Å². The Hall–Kier alpha value is -2.65. The van der Waals surface area contributed by atoms with Crippen molar-refractivity contribution in [3.63, 3.8) is 0 Å². The minimum absolute atomic E-state index is 0.0602. The smallest absolute Gasteiger partial charge is 0.258 e. The highest BCUT2D eigenvalue weighted by atomic mass is 32.2. The molecule has 0 aliphatic heterocycles. The number of aromatic nitrogens is 5. The van der Waals surface area contributed by atoms with E-state index < -0.39 is 0 Å². The van der Waals surface area contributed by atoms with Crippen LogP contribution < -0.4 is 10.3 Å². The Morgan fingerprint density at radius 2 is 2.04 bits per heavy atom. The molecular formula is C18H17N5O2S2. The van der Waals surface area contributed by atoms with Gasteiger partial charge in [0.1, 0.15) is 11.6 Å². The Morgan fingerprint density at radius 3 is 2.81 bits per heavy atom. The molecule has 0 bridgehead atoms. The lowest BCUT2D eigenvalue weighted by molar-refractivity contribution is 0.414. The number of thiazole rings is 1. The third-order valence-corrected chi connectivity index (χ3v) is 5.96. The summed E-state index contributed by atoms with van der Waals surface area (Å²) in [7, 11) is 3.60. The first-order valence-electron chi connectivity index (χ1n) is 8.24. The van der Waals surface area contributed by atoms with Gasteiger partial charge < -0.3 is 9.30 Å². The molecule has 0 radical (unpaired) electrons. The number of hydrogen-bond donors (Lipinski definition) is 0. The van der Waals surface area contributed by atoms with E-state index in [1.165, 1.54) is 23.1 Å². The topological polar surface area (TPSA) is 74.3 Å². The average Bonchev–Trinajstić information content (AvgIpc) is 3.28. The Bertz CT molecular complexity index is 1130. The SMILES string of the molecule is COc1ccc(Cc2nnc(SCc3cc(=O)n4ccsc4n3)n2C)cc1. The summed E-state index contributed by atoms with van der Waals surface area (Å²) >= 11 is 2.97. The van der Waals surface area contributed by atoms with Gasteiger partial charge >= 0.3 is 0 Å². The molecular weight excluding hydrogens is 382 g/mol. The van der Waals surface area contributed by atoms with Crippen molar-refractivity contribution in [2.75, 3.05) is 7.11 Å². The molecule has 3 heterocycles. The molecule has 138 valence electrons. The first-order valence-corrected chi connectivity index (χ1v) is 10.1. The molecule has 0 N–H and O–H groups in total. The van der Waals surface area contributed by atoms with E-state index in [1.54, 1.807) is 23.8 Å². The number of rotatable bonds is 6. The summed E-state index contributed by atoms with van der Waals surface area (Å²) in [6.07, 6.45) is 2.43. The van der Waals surface area contributed by atoms with Crippen molar-refractivity contribution in [1.29, 1.82) is 0 Å². The summed E-state index contributed by atoms with van der Waals surface area (Å²) < 4.78 is 8.71. The highest BCUT2D eigenvalue weighted by Crippen LogP contribution is 2.22. The number of methoxy groups -OCH3 is 1. The van der Waals surface area contributed by atoms with Crippen LogP contribution in [0.3, 0.4) is 0 Å². The molecule has 9 heteroatoms. The van der Waals surface area contributed by atoms with Gasteiger partial charge in [0.15, 0.2) is 10.1 Å². The number of fused-ring (bicyclic) bond motifs is 1. The second kappa shape index (κ2) is 7.53. The third-order valence-electron chi connectivity index (χ3n) is 4.15. The molecule has 27 heavy (non-hydrogen) atoms. The van der Waals surface area contributed by atoms with Gasteiger partial charge in [-0.1, -0.05) is 23.9 Å². The normalized spacial score (nSPS) is 11.2. The van der Waals surface area contributed by atoms with Gasteiger partial charge in [-0.2, -0.15) is 0 Å². The number of nitrogens with zero attached hydrogens (tertiary/aromatic N) is 5. The number of ether oxygens (including phenoxy) is 1. The molecule has 0 saturated carbocycles. The standard InChI is InChI=1S/C18H17N5O2S2/c1-22-15(9-12-3-5-14(25-2)6-4-12)20-21-18(22)27-11-13-10-16(24)23-7-8-26-17(23)19-13/h3-8,10H,9,11H2,1-2H3. The second-order valence-electron chi connectivity index (χ2n) is 5.91. The Kier molecular flexibility index (Phi) is 4.95. The lowest BCUT2D eigenvalue weighted by Crippen LogP contribution is -2.12. The first kappa shape index (κ1) is 17.7. The lowest BCUT2D eigenvalue weighted by atomic mass is 10.1. The molecule has 0 saturated heterocycles. The van der Waals surface area contributed by atoms with Crippen LogP contribution in [0.5, 0.6) is 5.75 Å². The van der Waals surface area contributed by atoms with Crippen molar-refractivity contribution in [2.45, 2.75) is 17.3 Å².